The van der Waals surface area contributed by atoms with Crippen molar-refractivity contribution in [1.82, 2.24) is 10.3 Å². The van der Waals surface area contributed by atoms with Gasteiger partial charge in [0.2, 0.25) is 15.7 Å². The fourth-order valence-corrected chi connectivity index (χ4v) is 4.55. The minimum Gasteiger partial charge on any atom is -0.388 e. The molecule has 29 heavy (non-hydrogen) atoms. The van der Waals surface area contributed by atoms with Crippen LogP contribution in [-0.4, -0.2) is 42.6 Å². The number of benzene rings is 1. The van der Waals surface area contributed by atoms with E-state index in [4.69, 9.17) is 5.73 Å². The lowest BCUT2D eigenvalue weighted by molar-refractivity contribution is -0.137. The molecule has 0 spiro atoms. The molecule has 0 bridgehead atoms. The summed E-state index contributed by atoms with van der Waals surface area (Å²) in [5, 5.41) is 13.4. The lowest BCUT2D eigenvalue weighted by Gasteiger charge is -2.21. The van der Waals surface area contributed by atoms with Crippen LogP contribution >= 0.6 is 0 Å². The number of primary amides is 1. The zero-order chi connectivity index (χ0) is 21.4. The first-order valence-electron chi connectivity index (χ1n) is 8.53. The predicted octanol–water partition coefficient (Wildman–Crippen LogP) is 1.05. The Labute approximate surface area is 164 Å². The van der Waals surface area contributed by atoms with E-state index in [2.05, 4.69) is 10.3 Å². The maximum atomic E-state index is 12.9. The van der Waals surface area contributed by atoms with E-state index in [1.807, 2.05) is 0 Å². The van der Waals surface area contributed by atoms with Crippen LogP contribution < -0.4 is 11.1 Å². The number of hydrogen-bond donors (Lipinski definition) is 3. The molecule has 7 nitrogen and oxygen atoms in total. The third-order valence-electron chi connectivity index (χ3n) is 4.69. The lowest BCUT2D eigenvalue weighted by atomic mass is 9.94. The molecule has 1 aliphatic rings. The molecular weight excluding hydrogens is 411 g/mol. The highest BCUT2D eigenvalue weighted by atomic mass is 32.2. The molecule has 1 saturated heterocycles. The summed E-state index contributed by atoms with van der Waals surface area (Å²) in [4.78, 5) is 14.5. The minimum atomic E-state index is -4.68. The summed E-state index contributed by atoms with van der Waals surface area (Å²) >= 11 is 0. The number of alkyl halides is 3. The second-order valence-corrected chi connectivity index (χ2v) is 8.90. The molecule has 2 atom stereocenters. The monoisotopic (exact) mass is 429 g/mol. The summed E-state index contributed by atoms with van der Waals surface area (Å²) in [6, 6.07) is 5.12. The van der Waals surface area contributed by atoms with Gasteiger partial charge in [-0.25, -0.2) is 8.42 Å². The van der Waals surface area contributed by atoms with Crippen molar-refractivity contribution in [2.24, 2.45) is 5.73 Å². The third kappa shape index (κ3) is 4.57. The standard InChI is InChI=1S/C18H18F3N3O4S/c19-18(20,21)11-2-1-3-13(6-11)29(27,28)14-4-5-23-12(7-14)8-17(26)9-15(16(22)25)24-10-17/h1-7,15,24,26H,8-10H2,(H2,22,25)/t15-,17-/m0/s1. The Morgan fingerprint density at radius 1 is 1.28 bits per heavy atom. The third-order valence-corrected chi connectivity index (χ3v) is 6.43. The van der Waals surface area contributed by atoms with Gasteiger partial charge in [-0.15, -0.1) is 0 Å². The summed E-state index contributed by atoms with van der Waals surface area (Å²) in [5.41, 5.74) is 3.00. The van der Waals surface area contributed by atoms with Crippen molar-refractivity contribution in [3.8, 4) is 0 Å². The summed E-state index contributed by atoms with van der Waals surface area (Å²) < 4.78 is 64.3. The van der Waals surface area contributed by atoms with Crippen molar-refractivity contribution in [1.29, 1.82) is 0 Å². The van der Waals surface area contributed by atoms with Gasteiger partial charge in [-0.3, -0.25) is 9.78 Å². The van der Waals surface area contributed by atoms with Gasteiger partial charge < -0.3 is 16.2 Å². The van der Waals surface area contributed by atoms with Crippen molar-refractivity contribution in [3.63, 3.8) is 0 Å². The zero-order valence-electron chi connectivity index (χ0n) is 15.0. The molecule has 156 valence electrons. The number of β-amino-alcohol motifs (C(OH)–C–C–N with tert-alkyl or cyclic N) is 1. The van der Waals surface area contributed by atoms with E-state index >= 15 is 0 Å². The summed E-state index contributed by atoms with van der Waals surface area (Å²) in [6.45, 7) is 0.0624. The van der Waals surface area contributed by atoms with Gasteiger partial charge >= 0.3 is 6.18 Å². The van der Waals surface area contributed by atoms with Crippen LogP contribution in [0.5, 0.6) is 0 Å². The molecular formula is C18H18F3N3O4S. The molecule has 1 aliphatic heterocycles. The van der Waals surface area contributed by atoms with Crippen LogP contribution in [0.3, 0.4) is 0 Å². The molecule has 0 saturated carbocycles. The number of pyridine rings is 1. The number of aromatic nitrogens is 1. The molecule has 2 aromatic rings. The van der Waals surface area contributed by atoms with Gasteiger partial charge in [0.15, 0.2) is 0 Å². The van der Waals surface area contributed by atoms with Crippen molar-refractivity contribution >= 4 is 15.7 Å². The summed E-state index contributed by atoms with van der Waals surface area (Å²) in [6.07, 6.45) is -3.50. The van der Waals surface area contributed by atoms with Gasteiger partial charge in [0.25, 0.3) is 0 Å². The van der Waals surface area contributed by atoms with Crippen molar-refractivity contribution < 1.29 is 31.5 Å². The Morgan fingerprint density at radius 3 is 2.59 bits per heavy atom. The van der Waals surface area contributed by atoms with E-state index in [1.165, 1.54) is 18.3 Å². The fraction of sp³-hybridized carbons (Fsp3) is 0.333. The van der Waals surface area contributed by atoms with Gasteiger partial charge in [-0.1, -0.05) is 6.07 Å². The number of nitrogens with two attached hydrogens (primary N) is 1. The SMILES string of the molecule is NC(=O)[C@@H]1C[C@@](O)(Cc2cc(S(=O)(=O)c3cccc(C(F)(F)F)c3)ccn2)CN1. The normalized spacial score (nSPS) is 22.6. The maximum Gasteiger partial charge on any atom is 0.416 e. The zero-order valence-corrected chi connectivity index (χ0v) is 15.8. The number of amides is 1. The Hall–Kier alpha value is -2.50. The first-order valence-corrected chi connectivity index (χ1v) is 10.0. The number of carbonyl (C=O) groups is 1. The number of halogens is 3. The largest absolute Gasteiger partial charge is 0.416 e. The van der Waals surface area contributed by atoms with Gasteiger partial charge in [0, 0.05) is 31.3 Å². The van der Waals surface area contributed by atoms with E-state index in [9.17, 15) is 31.5 Å². The second-order valence-electron chi connectivity index (χ2n) is 6.95. The highest BCUT2D eigenvalue weighted by molar-refractivity contribution is 7.91. The Morgan fingerprint density at radius 2 is 1.97 bits per heavy atom. The molecule has 11 heteroatoms. The molecule has 0 unspecified atom stereocenters. The Kier molecular flexibility index (Phi) is 5.41. The van der Waals surface area contributed by atoms with Crippen LogP contribution in [0.1, 0.15) is 17.7 Å². The van der Waals surface area contributed by atoms with Crippen LogP contribution in [0.25, 0.3) is 0 Å². The number of carbonyl (C=O) groups excluding carboxylic acids is 1. The average Bonchev–Trinajstić information content (AvgIpc) is 3.03. The second kappa shape index (κ2) is 7.39. The number of rotatable bonds is 5. The number of nitrogens with one attached hydrogen (secondary N) is 1. The molecule has 2 heterocycles. The Bertz CT molecular complexity index is 1040. The van der Waals surface area contributed by atoms with Crippen molar-refractivity contribution in [2.45, 2.75) is 40.5 Å². The van der Waals surface area contributed by atoms with E-state index in [1.54, 1.807) is 0 Å². The summed E-state index contributed by atoms with van der Waals surface area (Å²) in [5.74, 6) is -0.616. The van der Waals surface area contributed by atoms with E-state index in [0.29, 0.717) is 6.07 Å². The molecule has 0 radical (unpaired) electrons. The predicted molar refractivity (Wildman–Crippen MR) is 95.4 cm³/mol. The van der Waals surface area contributed by atoms with Crippen LogP contribution in [0.15, 0.2) is 52.4 Å². The maximum absolute atomic E-state index is 12.9. The topological polar surface area (TPSA) is 122 Å². The molecule has 1 aromatic heterocycles. The van der Waals surface area contributed by atoms with Crippen LogP contribution in [0.2, 0.25) is 0 Å². The lowest BCUT2D eigenvalue weighted by Crippen LogP contribution is -2.36. The number of nitrogens with zero attached hydrogens (tertiary/aromatic N) is 1. The quantitative estimate of drug-likeness (QED) is 0.653. The van der Waals surface area contributed by atoms with Gasteiger partial charge in [0.05, 0.1) is 27.0 Å². The number of aliphatic hydroxyl groups is 1. The van der Waals surface area contributed by atoms with E-state index < -0.39 is 44.0 Å². The molecule has 1 aromatic carbocycles. The summed E-state index contributed by atoms with van der Waals surface area (Å²) in [7, 11) is -4.23. The van der Waals surface area contributed by atoms with Crippen LogP contribution in [0.4, 0.5) is 13.2 Å². The van der Waals surface area contributed by atoms with Gasteiger partial charge in [-0.2, -0.15) is 13.2 Å². The first kappa shape index (κ1) is 21.2. The number of hydrogen-bond acceptors (Lipinski definition) is 6. The molecule has 0 aliphatic carbocycles. The first-order chi connectivity index (χ1) is 13.4. The van der Waals surface area contributed by atoms with Gasteiger partial charge in [0.1, 0.15) is 0 Å². The van der Waals surface area contributed by atoms with Crippen molar-refractivity contribution in [3.05, 3.63) is 53.9 Å². The highest BCUT2D eigenvalue weighted by Gasteiger charge is 2.40. The minimum absolute atomic E-state index is 0.0363. The molecule has 3 rings (SSSR count). The fourth-order valence-electron chi connectivity index (χ4n) is 3.21. The van der Waals surface area contributed by atoms with Crippen molar-refractivity contribution in [2.75, 3.05) is 6.54 Å². The molecule has 1 fully saturated rings. The van der Waals surface area contributed by atoms with E-state index in [-0.39, 0.29) is 30.0 Å². The van der Waals surface area contributed by atoms with Gasteiger partial charge in [-0.05, 0) is 30.3 Å². The highest BCUT2D eigenvalue weighted by Crippen LogP contribution is 2.32. The Balaban J connectivity index is 1.88. The molecule has 1 amide bonds. The average molecular weight is 429 g/mol. The van der Waals surface area contributed by atoms with Crippen LogP contribution in [-0.2, 0) is 27.2 Å². The van der Waals surface area contributed by atoms with E-state index in [0.717, 1.165) is 18.2 Å². The van der Waals surface area contributed by atoms with Crippen LogP contribution in [0, 0.1) is 0 Å². The number of sulfone groups is 1. The smallest absolute Gasteiger partial charge is 0.388 e. The molecule has 4 N–H and O–H groups in total.